The Morgan fingerprint density at radius 3 is 2.58 bits per heavy atom. The van der Waals surface area contributed by atoms with Crippen molar-refractivity contribution in [3.63, 3.8) is 0 Å². The quantitative estimate of drug-likeness (QED) is 0.777. The van der Waals surface area contributed by atoms with Gasteiger partial charge in [0.05, 0.1) is 4.47 Å². The lowest BCUT2D eigenvalue weighted by Gasteiger charge is -2.32. The predicted octanol–water partition coefficient (Wildman–Crippen LogP) is 3.38. The fraction of sp³-hybridized carbons (Fsp3) is 0.263. The molecule has 0 radical (unpaired) electrons. The van der Waals surface area contributed by atoms with Crippen molar-refractivity contribution in [3.05, 3.63) is 65.2 Å². The van der Waals surface area contributed by atoms with Gasteiger partial charge in [0.2, 0.25) is 5.91 Å². The summed E-state index contributed by atoms with van der Waals surface area (Å²) in [6, 6.07) is 6.88. The number of nitrogens with one attached hydrogen (secondary N) is 1. The van der Waals surface area contributed by atoms with Crippen LogP contribution < -0.4 is 5.32 Å². The Morgan fingerprint density at radius 2 is 1.92 bits per heavy atom. The average molecular weight is 415 g/mol. The van der Waals surface area contributed by atoms with E-state index in [1.54, 1.807) is 36.7 Å². The molecule has 1 aliphatic rings. The number of piperidine rings is 1. The Hall–Kier alpha value is -2.54. The van der Waals surface area contributed by atoms with Gasteiger partial charge in [-0.15, -0.1) is 0 Å². The SMILES string of the molecule is C=CC(=O)Nc1ccc(C(=O)N2CCCC(c3ncc(Br)cn3)C2)cc1. The Bertz CT molecular complexity index is 805. The van der Waals surface area contributed by atoms with Gasteiger partial charge in [0.1, 0.15) is 5.82 Å². The summed E-state index contributed by atoms with van der Waals surface area (Å²) in [7, 11) is 0. The van der Waals surface area contributed by atoms with Gasteiger partial charge in [0, 0.05) is 42.7 Å². The molecule has 2 amide bonds. The minimum atomic E-state index is -0.280. The molecular formula is C19H19BrN4O2. The average Bonchev–Trinajstić information content (AvgIpc) is 2.68. The summed E-state index contributed by atoms with van der Waals surface area (Å²) >= 11 is 3.34. The normalized spacial score (nSPS) is 16.8. The lowest BCUT2D eigenvalue weighted by molar-refractivity contribution is -0.111. The van der Waals surface area contributed by atoms with E-state index in [1.807, 2.05) is 4.90 Å². The molecule has 1 fully saturated rings. The fourth-order valence-electron chi connectivity index (χ4n) is 2.98. The van der Waals surface area contributed by atoms with E-state index in [-0.39, 0.29) is 17.7 Å². The van der Waals surface area contributed by atoms with Crippen molar-refractivity contribution < 1.29 is 9.59 Å². The van der Waals surface area contributed by atoms with E-state index in [0.29, 0.717) is 17.8 Å². The van der Waals surface area contributed by atoms with Crippen molar-refractivity contribution in [2.75, 3.05) is 18.4 Å². The van der Waals surface area contributed by atoms with Crippen LogP contribution in [0.1, 0.15) is 34.9 Å². The van der Waals surface area contributed by atoms with Crippen molar-refractivity contribution in [2.45, 2.75) is 18.8 Å². The lowest BCUT2D eigenvalue weighted by Crippen LogP contribution is -2.39. The number of rotatable bonds is 4. The summed E-state index contributed by atoms with van der Waals surface area (Å²) < 4.78 is 0.841. The largest absolute Gasteiger partial charge is 0.338 e. The highest BCUT2D eigenvalue weighted by Gasteiger charge is 2.27. The summed E-state index contributed by atoms with van der Waals surface area (Å²) in [5, 5.41) is 2.67. The first-order valence-corrected chi connectivity index (χ1v) is 9.16. The smallest absolute Gasteiger partial charge is 0.253 e. The molecule has 1 saturated heterocycles. The van der Waals surface area contributed by atoms with E-state index < -0.39 is 0 Å². The van der Waals surface area contributed by atoms with Crippen molar-refractivity contribution >= 4 is 33.4 Å². The van der Waals surface area contributed by atoms with Crippen molar-refractivity contribution in [1.29, 1.82) is 0 Å². The van der Waals surface area contributed by atoms with Crippen LogP contribution in [-0.2, 0) is 4.79 Å². The van der Waals surface area contributed by atoms with Gasteiger partial charge < -0.3 is 10.2 Å². The van der Waals surface area contributed by atoms with Gasteiger partial charge in [-0.05, 0) is 59.1 Å². The van der Waals surface area contributed by atoms with Gasteiger partial charge in [0.25, 0.3) is 5.91 Å². The number of amides is 2. The Labute approximate surface area is 160 Å². The van der Waals surface area contributed by atoms with Crippen LogP contribution in [0, 0.1) is 0 Å². The second kappa shape index (κ2) is 8.23. The van der Waals surface area contributed by atoms with Crippen LogP contribution in [0.3, 0.4) is 0 Å². The summed E-state index contributed by atoms with van der Waals surface area (Å²) in [6.45, 7) is 4.74. The predicted molar refractivity (Wildman–Crippen MR) is 103 cm³/mol. The molecule has 3 rings (SSSR count). The minimum Gasteiger partial charge on any atom is -0.338 e. The number of halogens is 1. The van der Waals surface area contributed by atoms with Crippen molar-refractivity contribution in [3.8, 4) is 0 Å². The van der Waals surface area contributed by atoms with E-state index in [2.05, 4.69) is 37.8 Å². The molecule has 1 atom stereocenters. The van der Waals surface area contributed by atoms with Crippen LogP contribution in [0.5, 0.6) is 0 Å². The first kappa shape index (κ1) is 18.3. The van der Waals surface area contributed by atoms with E-state index in [1.165, 1.54) is 6.08 Å². The maximum absolute atomic E-state index is 12.8. The number of carbonyl (C=O) groups excluding carboxylic acids is 2. The molecular weight excluding hydrogens is 396 g/mol. The van der Waals surface area contributed by atoms with Gasteiger partial charge in [-0.2, -0.15) is 0 Å². The molecule has 0 bridgehead atoms. The maximum Gasteiger partial charge on any atom is 0.253 e. The summed E-state index contributed by atoms with van der Waals surface area (Å²) in [6.07, 6.45) is 6.57. The number of nitrogens with zero attached hydrogens (tertiary/aromatic N) is 3. The zero-order chi connectivity index (χ0) is 18.5. The van der Waals surface area contributed by atoms with Crippen LogP contribution in [0.25, 0.3) is 0 Å². The van der Waals surface area contributed by atoms with Crippen LogP contribution in [-0.4, -0.2) is 39.8 Å². The molecule has 7 heteroatoms. The number of aromatic nitrogens is 2. The molecule has 1 unspecified atom stereocenters. The molecule has 2 heterocycles. The minimum absolute atomic E-state index is 0.0200. The Balaban J connectivity index is 1.68. The zero-order valence-corrected chi connectivity index (χ0v) is 15.8. The third-order valence-corrected chi connectivity index (χ3v) is 4.71. The van der Waals surface area contributed by atoms with Crippen molar-refractivity contribution in [2.24, 2.45) is 0 Å². The van der Waals surface area contributed by atoms with E-state index in [0.717, 1.165) is 29.7 Å². The van der Waals surface area contributed by atoms with Gasteiger partial charge in [-0.1, -0.05) is 6.58 Å². The fourth-order valence-corrected chi connectivity index (χ4v) is 3.18. The van der Waals surface area contributed by atoms with Crippen LogP contribution in [0.2, 0.25) is 0 Å². The monoisotopic (exact) mass is 414 g/mol. The van der Waals surface area contributed by atoms with E-state index >= 15 is 0 Å². The molecule has 1 aromatic carbocycles. The maximum atomic E-state index is 12.8. The third kappa shape index (κ3) is 4.35. The lowest BCUT2D eigenvalue weighted by atomic mass is 9.96. The Morgan fingerprint density at radius 1 is 1.23 bits per heavy atom. The highest BCUT2D eigenvalue weighted by atomic mass is 79.9. The number of likely N-dealkylation sites (tertiary alicyclic amines) is 1. The van der Waals surface area contributed by atoms with E-state index in [4.69, 9.17) is 0 Å². The van der Waals surface area contributed by atoms with Crippen LogP contribution in [0.15, 0.2) is 53.8 Å². The summed E-state index contributed by atoms with van der Waals surface area (Å²) in [5.41, 5.74) is 1.23. The van der Waals surface area contributed by atoms with E-state index in [9.17, 15) is 9.59 Å². The number of benzene rings is 1. The second-order valence-electron chi connectivity index (χ2n) is 6.12. The molecule has 6 nitrogen and oxygen atoms in total. The molecule has 0 aliphatic carbocycles. The topological polar surface area (TPSA) is 75.2 Å². The first-order valence-electron chi connectivity index (χ1n) is 8.37. The van der Waals surface area contributed by atoms with Gasteiger partial charge in [-0.3, -0.25) is 9.59 Å². The summed E-state index contributed by atoms with van der Waals surface area (Å²) in [5.74, 6) is 0.617. The highest BCUT2D eigenvalue weighted by Crippen LogP contribution is 2.26. The number of hydrogen-bond donors (Lipinski definition) is 1. The van der Waals surface area contributed by atoms with Crippen LogP contribution in [0.4, 0.5) is 5.69 Å². The first-order chi connectivity index (χ1) is 12.6. The molecule has 26 heavy (non-hydrogen) atoms. The third-order valence-electron chi connectivity index (χ3n) is 4.30. The number of hydrogen-bond acceptors (Lipinski definition) is 4. The number of anilines is 1. The second-order valence-corrected chi connectivity index (χ2v) is 7.04. The molecule has 134 valence electrons. The Kier molecular flexibility index (Phi) is 5.78. The molecule has 0 spiro atoms. The van der Waals surface area contributed by atoms with Crippen LogP contribution >= 0.6 is 15.9 Å². The summed E-state index contributed by atoms with van der Waals surface area (Å²) in [4.78, 5) is 34.7. The molecule has 0 saturated carbocycles. The number of carbonyl (C=O) groups is 2. The van der Waals surface area contributed by atoms with Gasteiger partial charge >= 0.3 is 0 Å². The van der Waals surface area contributed by atoms with Gasteiger partial charge in [0.15, 0.2) is 0 Å². The zero-order valence-electron chi connectivity index (χ0n) is 14.2. The molecule has 1 N–H and O–H groups in total. The standard InChI is InChI=1S/C19H19BrN4O2/c1-2-17(25)23-16-7-5-13(6-8-16)19(26)24-9-3-4-14(12-24)18-21-10-15(20)11-22-18/h2,5-8,10-11,14H,1,3-4,9,12H2,(H,23,25). The van der Waals surface area contributed by atoms with Gasteiger partial charge in [-0.25, -0.2) is 9.97 Å². The molecule has 1 aromatic heterocycles. The molecule has 2 aromatic rings. The molecule has 1 aliphatic heterocycles. The highest BCUT2D eigenvalue weighted by molar-refractivity contribution is 9.10. The van der Waals surface area contributed by atoms with Crippen molar-refractivity contribution in [1.82, 2.24) is 14.9 Å².